The van der Waals surface area contributed by atoms with Crippen LogP contribution in [0.3, 0.4) is 0 Å². The van der Waals surface area contributed by atoms with E-state index >= 15 is 0 Å². The molecule has 0 heterocycles. The van der Waals surface area contributed by atoms with Gasteiger partial charge in [-0.3, -0.25) is 0 Å². The van der Waals surface area contributed by atoms with Crippen molar-refractivity contribution in [3.05, 3.63) is 0 Å². The van der Waals surface area contributed by atoms with Gasteiger partial charge in [0.25, 0.3) is 0 Å². The molecule has 2 saturated carbocycles. The smallest absolute Gasteiger partial charge is 0.0596 e. The van der Waals surface area contributed by atoms with Crippen LogP contribution in [0.2, 0.25) is 0 Å². The van der Waals surface area contributed by atoms with Crippen molar-refractivity contribution >= 4 is 0 Å². The summed E-state index contributed by atoms with van der Waals surface area (Å²) in [6.45, 7) is 0. The van der Waals surface area contributed by atoms with Crippen molar-refractivity contribution in [3.8, 4) is 0 Å². The molecular formula is C12H22O. The van der Waals surface area contributed by atoms with Gasteiger partial charge in [0, 0.05) is 0 Å². The summed E-state index contributed by atoms with van der Waals surface area (Å²) < 4.78 is 0. The average Bonchev–Trinajstić information content (AvgIpc) is 2.71. The summed E-state index contributed by atoms with van der Waals surface area (Å²) >= 11 is 0. The van der Waals surface area contributed by atoms with Gasteiger partial charge in [-0.1, -0.05) is 32.1 Å². The molecule has 0 unspecified atom stereocenters. The fourth-order valence-electron chi connectivity index (χ4n) is 3.16. The van der Waals surface area contributed by atoms with E-state index in [0.29, 0.717) is 11.8 Å². The van der Waals surface area contributed by atoms with E-state index in [1.165, 1.54) is 57.8 Å². The van der Waals surface area contributed by atoms with Gasteiger partial charge in [0.05, 0.1) is 6.10 Å². The van der Waals surface area contributed by atoms with Crippen LogP contribution in [0.1, 0.15) is 57.8 Å². The largest absolute Gasteiger partial charge is 0.393 e. The third kappa shape index (κ3) is 2.25. The quantitative estimate of drug-likeness (QED) is 0.695. The SMILES string of the molecule is O[C@H](C1CCCCC1)C1CCCC1. The highest BCUT2D eigenvalue weighted by molar-refractivity contribution is 4.81. The molecule has 1 N–H and O–H groups in total. The van der Waals surface area contributed by atoms with Crippen LogP contribution in [0.4, 0.5) is 0 Å². The van der Waals surface area contributed by atoms with Gasteiger partial charge in [-0.05, 0) is 37.5 Å². The van der Waals surface area contributed by atoms with Crippen LogP contribution < -0.4 is 0 Å². The van der Waals surface area contributed by atoms with Crippen molar-refractivity contribution in [2.24, 2.45) is 11.8 Å². The molecule has 0 radical (unpaired) electrons. The second-order valence-corrected chi connectivity index (χ2v) is 4.93. The Kier molecular flexibility index (Phi) is 3.26. The topological polar surface area (TPSA) is 20.2 Å². The summed E-state index contributed by atoms with van der Waals surface area (Å²) in [5, 5.41) is 10.2. The van der Waals surface area contributed by atoms with Crippen LogP contribution in [0.5, 0.6) is 0 Å². The van der Waals surface area contributed by atoms with Crippen LogP contribution in [-0.2, 0) is 0 Å². The lowest BCUT2D eigenvalue weighted by Crippen LogP contribution is -2.29. The summed E-state index contributed by atoms with van der Waals surface area (Å²) in [6, 6.07) is 0. The lowest BCUT2D eigenvalue weighted by atomic mass is 9.80. The molecule has 2 fully saturated rings. The molecule has 0 aromatic rings. The third-order valence-electron chi connectivity index (χ3n) is 4.02. The highest BCUT2D eigenvalue weighted by Gasteiger charge is 2.30. The van der Waals surface area contributed by atoms with E-state index < -0.39 is 0 Å². The van der Waals surface area contributed by atoms with Gasteiger partial charge in [0.2, 0.25) is 0 Å². The molecule has 0 spiro atoms. The lowest BCUT2D eigenvalue weighted by molar-refractivity contribution is 0.0356. The Morgan fingerprint density at radius 3 is 1.54 bits per heavy atom. The zero-order valence-corrected chi connectivity index (χ0v) is 8.54. The number of aliphatic hydroxyl groups is 1. The first-order valence-corrected chi connectivity index (χ1v) is 6.06. The minimum Gasteiger partial charge on any atom is -0.393 e. The number of hydrogen-bond donors (Lipinski definition) is 1. The molecule has 1 nitrogen and oxygen atoms in total. The average molecular weight is 182 g/mol. The molecule has 0 aliphatic heterocycles. The standard InChI is InChI=1S/C12H22O/c13-12(11-8-4-5-9-11)10-6-2-1-3-7-10/h10-13H,1-9H2/t12-/m1/s1. The van der Waals surface area contributed by atoms with Crippen LogP contribution in [0, 0.1) is 11.8 Å². The van der Waals surface area contributed by atoms with Crippen molar-refractivity contribution in [1.82, 2.24) is 0 Å². The monoisotopic (exact) mass is 182 g/mol. The molecule has 0 aromatic heterocycles. The van der Waals surface area contributed by atoms with Crippen molar-refractivity contribution in [3.63, 3.8) is 0 Å². The molecule has 1 heteroatoms. The lowest BCUT2D eigenvalue weighted by Gasteiger charge is -2.30. The molecule has 1 atom stereocenters. The fourth-order valence-corrected chi connectivity index (χ4v) is 3.16. The van der Waals surface area contributed by atoms with Crippen molar-refractivity contribution < 1.29 is 5.11 Å². The molecule has 0 saturated heterocycles. The second-order valence-electron chi connectivity index (χ2n) is 4.93. The normalized spacial score (nSPS) is 29.3. The van der Waals surface area contributed by atoms with Gasteiger partial charge in [-0.25, -0.2) is 0 Å². The zero-order valence-electron chi connectivity index (χ0n) is 8.54. The minimum atomic E-state index is 0.0443. The maximum absolute atomic E-state index is 10.2. The van der Waals surface area contributed by atoms with E-state index in [9.17, 15) is 5.11 Å². The van der Waals surface area contributed by atoms with Crippen LogP contribution in [0.15, 0.2) is 0 Å². The van der Waals surface area contributed by atoms with Gasteiger partial charge in [-0.15, -0.1) is 0 Å². The fraction of sp³-hybridized carbons (Fsp3) is 1.00. The maximum Gasteiger partial charge on any atom is 0.0596 e. The Morgan fingerprint density at radius 2 is 1.08 bits per heavy atom. The van der Waals surface area contributed by atoms with Gasteiger partial charge in [0.15, 0.2) is 0 Å². The number of hydrogen-bond acceptors (Lipinski definition) is 1. The second kappa shape index (κ2) is 4.45. The highest BCUT2D eigenvalue weighted by Crippen LogP contribution is 2.36. The predicted octanol–water partition coefficient (Wildman–Crippen LogP) is 3.12. The summed E-state index contributed by atoms with van der Waals surface area (Å²) in [4.78, 5) is 0. The molecule has 0 bridgehead atoms. The van der Waals surface area contributed by atoms with Crippen LogP contribution in [-0.4, -0.2) is 11.2 Å². The molecule has 0 aromatic carbocycles. The molecule has 2 aliphatic rings. The summed E-state index contributed by atoms with van der Waals surface area (Å²) in [5.74, 6) is 1.31. The Bertz CT molecular complexity index is 143. The van der Waals surface area contributed by atoms with Gasteiger partial charge in [-0.2, -0.15) is 0 Å². The first-order valence-electron chi connectivity index (χ1n) is 6.06. The Labute approximate surface area is 81.5 Å². The first kappa shape index (κ1) is 9.51. The maximum atomic E-state index is 10.2. The van der Waals surface area contributed by atoms with Crippen molar-refractivity contribution in [2.45, 2.75) is 63.9 Å². The molecular weight excluding hydrogens is 160 g/mol. The molecule has 2 aliphatic carbocycles. The Morgan fingerprint density at radius 1 is 0.692 bits per heavy atom. The van der Waals surface area contributed by atoms with E-state index in [1.807, 2.05) is 0 Å². The van der Waals surface area contributed by atoms with Crippen LogP contribution in [0.25, 0.3) is 0 Å². The summed E-state index contributed by atoms with van der Waals surface area (Å²) in [5.41, 5.74) is 0. The number of aliphatic hydroxyl groups excluding tert-OH is 1. The summed E-state index contributed by atoms with van der Waals surface area (Å²) in [6.07, 6.45) is 12.0. The minimum absolute atomic E-state index is 0.0443. The van der Waals surface area contributed by atoms with Crippen LogP contribution >= 0.6 is 0 Å². The van der Waals surface area contributed by atoms with E-state index in [0.717, 1.165) is 0 Å². The van der Waals surface area contributed by atoms with E-state index in [-0.39, 0.29) is 6.10 Å². The van der Waals surface area contributed by atoms with Crippen molar-refractivity contribution in [2.75, 3.05) is 0 Å². The Balaban J connectivity index is 1.83. The van der Waals surface area contributed by atoms with E-state index in [1.54, 1.807) is 0 Å². The summed E-state index contributed by atoms with van der Waals surface area (Å²) in [7, 11) is 0. The molecule has 76 valence electrons. The molecule has 13 heavy (non-hydrogen) atoms. The van der Waals surface area contributed by atoms with Crippen molar-refractivity contribution in [1.29, 1.82) is 0 Å². The van der Waals surface area contributed by atoms with Gasteiger partial charge >= 0.3 is 0 Å². The Hall–Kier alpha value is -0.0400. The predicted molar refractivity (Wildman–Crippen MR) is 54.5 cm³/mol. The first-order chi connectivity index (χ1) is 6.38. The van der Waals surface area contributed by atoms with E-state index in [4.69, 9.17) is 0 Å². The van der Waals surface area contributed by atoms with E-state index in [2.05, 4.69) is 0 Å². The number of rotatable bonds is 2. The molecule has 0 amide bonds. The molecule has 2 rings (SSSR count). The zero-order chi connectivity index (χ0) is 9.10. The third-order valence-corrected chi connectivity index (χ3v) is 4.02. The van der Waals surface area contributed by atoms with Gasteiger partial charge in [0.1, 0.15) is 0 Å². The van der Waals surface area contributed by atoms with Gasteiger partial charge < -0.3 is 5.11 Å². The highest BCUT2D eigenvalue weighted by atomic mass is 16.3.